The van der Waals surface area contributed by atoms with Crippen molar-refractivity contribution in [1.29, 1.82) is 0 Å². The van der Waals surface area contributed by atoms with Gasteiger partial charge in [-0.2, -0.15) is 0 Å². The van der Waals surface area contributed by atoms with Gasteiger partial charge in [0.1, 0.15) is 12.4 Å². The van der Waals surface area contributed by atoms with Gasteiger partial charge in [0.05, 0.1) is 37.9 Å². The summed E-state index contributed by atoms with van der Waals surface area (Å²) in [6.07, 6.45) is -4.46. The van der Waals surface area contributed by atoms with E-state index in [1.54, 1.807) is 28.9 Å². The van der Waals surface area contributed by atoms with E-state index >= 15 is 0 Å². The summed E-state index contributed by atoms with van der Waals surface area (Å²) in [4.78, 5) is 27.5. The molecule has 31 heavy (non-hydrogen) atoms. The van der Waals surface area contributed by atoms with Gasteiger partial charge in [-0.15, -0.1) is 13.2 Å². The average molecular weight is 443 g/mol. The fraction of sp³-hybridized carbons (Fsp3) is 0.600. The number of likely N-dealkylation sites (tertiary alicyclic amines) is 2. The monoisotopic (exact) mass is 443 g/mol. The molecule has 0 aliphatic carbocycles. The van der Waals surface area contributed by atoms with E-state index < -0.39 is 6.36 Å². The lowest BCUT2D eigenvalue weighted by Gasteiger charge is -2.46. The number of morpholine rings is 1. The number of piperidine rings is 1. The second-order valence-electron chi connectivity index (χ2n) is 8.04. The lowest BCUT2D eigenvalue weighted by molar-refractivity contribution is -0.275. The Morgan fingerprint density at radius 1 is 1.26 bits per heavy atom. The molecule has 0 spiro atoms. The number of nitrogens with one attached hydrogen (secondary N) is 1. The number of hydrogen-bond acceptors (Lipinski definition) is 5. The summed E-state index contributed by atoms with van der Waals surface area (Å²) in [6.45, 7) is 3.32. The predicted molar refractivity (Wildman–Crippen MR) is 101 cm³/mol. The van der Waals surface area contributed by atoms with E-state index in [4.69, 9.17) is 9.47 Å². The number of urea groups is 1. The number of rotatable bonds is 4. The third-order valence-corrected chi connectivity index (χ3v) is 5.64. The van der Waals surface area contributed by atoms with Crippen LogP contribution >= 0.6 is 0 Å². The number of amides is 3. The first-order valence-corrected chi connectivity index (χ1v) is 10.1. The number of alkyl halides is 3. The van der Waals surface area contributed by atoms with E-state index in [0.717, 1.165) is 0 Å². The molecule has 3 fully saturated rings. The van der Waals surface area contributed by atoms with Crippen LogP contribution in [0.25, 0.3) is 0 Å². The number of hydrogen-bond donors (Lipinski definition) is 1. The van der Waals surface area contributed by atoms with Gasteiger partial charge in [0.2, 0.25) is 5.91 Å². The minimum atomic E-state index is -4.78. The van der Waals surface area contributed by atoms with Gasteiger partial charge in [-0.3, -0.25) is 4.79 Å². The molecule has 4 rings (SSSR count). The normalized spacial score (nSPS) is 24.3. The predicted octanol–water partition coefficient (Wildman–Crippen LogP) is 1.80. The van der Waals surface area contributed by atoms with Crippen LogP contribution < -0.4 is 10.1 Å². The number of nitrogens with zero attached hydrogens (tertiary/aromatic N) is 2. The maximum absolute atomic E-state index is 12.7. The number of halogens is 3. The van der Waals surface area contributed by atoms with Crippen LogP contribution in [0.15, 0.2) is 18.2 Å². The van der Waals surface area contributed by atoms with Crippen molar-refractivity contribution in [3.63, 3.8) is 0 Å². The van der Waals surface area contributed by atoms with E-state index in [0.29, 0.717) is 43.7 Å². The molecule has 1 aromatic rings. The summed E-state index contributed by atoms with van der Waals surface area (Å²) >= 11 is 0. The first-order valence-electron chi connectivity index (χ1n) is 10.1. The molecule has 8 nitrogen and oxygen atoms in total. The smallest absolute Gasteiger partial charge is 0.405 e. The van der Waals surface area contributed by atoms with Crippen molar-refractivity contribution in [2.24, 2.45) is 0 Å². The van der Waals surface area contributed by atoms with E-state index in [1.165, 1.54) is 6.07 Å². The highest BCUT2D eigenvalue weighted by molar-refractivity contribution is 5.79. The van der Waals surface area contributed by atoms with E-state index in [2.05, 4.69) is 10.1 Å². The average Bonchev–Trinajstić information content (AvgIpc) is 2.66. The van der Waals surface area contributed by atoms with Crippen molar-refractivity contribution in [3.05, 3.63) is 29.3 Å². The van der Waals surface area contributed by atoms with Crippen LogP contribution in [0.3, 0.4) is 0 Å². The Kier molecular flexibility index (Phi) is 5.98. The molecule has 3 amide bonds. The molecule has 0 saturated carbocycles. The van der Waals surface area contributed by atoms with Crippen molar-refractivity contribution in [2.45, 2.75) is 44.6 Å². The van der Waals surface area contributed by atoms with Crippen molar-refractivity contribution in [1.82, 2.24) is 15.1 Å². The molecule has 0 bridgehead atoms. The third kappa shape index (κ3) is 5.21. The molecular weight excluding hydrogens is 419 g/mol. The zero-order valence-electron chi connectivity index (χ0n) is 17.0. The quantitative estimate of drug-likeness (QED) is 0.768. The van der Waals surface area contributed by atoms with Crippen LogP contribution in [0.2, 0.25) is 0 Å². The van der Waals surface area contributed by atoms with Crippen molar-refractivity contribution in [2.75, 3.05) is 32.8 Å². The molecule has 3 aliphatic heterocycles. The molecule has 3 heterocycles. The Balaban J connectivity index is 1.26. The van der Waals surface area contributed by atoms with Gasteiger partial charge in [-0.25, -0.2) is 4.79 Å². The maximum atomic E-state index is 12.7. The maximum Gasteiger partial charge on any atom is 0.573 e. The van der Waals surface area contributed by atoms with Gasteiger partial charge < -0.3 is 29.3 Å². The van der Waals surface area contributed by atoms with Crippen LogP contribution in [-0.4, -0.2) is 79.1 Å². The molecule has 3 saturated heterocycles. The molecular formula is C20H24F3N3O5. The number of aryl methyl sites for hydroxylation is 1. The van der Waals surface area contributed by atoms with Crippen LogP contribution in [-0.2, 0) is 20.9 Å². The van der Waals surface area contributed by atoms with Gasteiger partial charge in [-0.1, -0.05) is 12.1 Å². The zero-order valence-corrected chi connectivity index (χ0v) is 17.0. The second-order valence-corrected chi connectivity index (χ2v) is 8.04. The number of benzene rings is 1. The Bertz CT molecular complexity index is 844. The largest absolute Gasteiger partial charge is 0.573 e. The molecule has 3 aliphatic rings. The summed E-state index contributed by atoms with van der Waals surface area (Å²) in [5, 5.41) is 2.86. The first kappa shape index (κ1) is 21.7. The van der Waals surface area contributed by atoms with E-state index in [1.807, 2.05) is 0 Å². The highest BCUT2D eigenvalue weighted by Crippen LogP contribution is 2.29. The molecule has 0 radical (unpaired) electrons. The molecule has 170 valence electrons. The minimum Gasteiger partial charge on any atom is -0.405 e. The SMILES string of the molecule is Cc1ccc(COC2CN(C(=O)N3CC[C@@H]4OCC(=O)N[C@@H]4C3)C2)c(OC(F)(F)F)c1. The Hall–Kier alpha value is -2.53. The second kappa shape index (κ2) is 8.54. The van der Waals surface area contributed by atoms with Gasteiger partial charge in [-0.05, 0) is 25.0 Å². The number of carbonyl (C=O) groups is 2. The standard InChI is InChI=1S/C20H24F3N3O5/c1-12-2-3-13(17(6-12)31-20(21,22)23)10-29-14-7-26(8-14)19(28)25-5-4-16-15(9-25)24-18(27)11-30-16/h2-3,6,14-16H,4-5,7-11H2,1H3,(H,24,27)/t15-,16+/m1/s1. The van der Waals surface area contributed by atoms with E-state index in [-0.39, 0.29) is 49.2 Å². The van der Waals surface area contributed by atoms with Gasteiger partial charge in [0.25, 0.3) is 0 Å². The van der Waals surface area contributed by atoms with Crippen LogP contribution in [0.4, 0.5) is 18.0 Å². The summed E-state index contributed by atoms with van der Waals surface area (Å²) in [5.74, 6) is -0.461. The van der Waals surface area contributed by atoms with E-state index in [9.17, 15) is 22.8 Å². The minimum absolute atomic E-state index is 0.0464. The van der Waals surface area contributed by atoms with Crippen LogP contribution in [0, 0.1) is 6.92 Å². The number of fused-ring (bicyclic) bond motifs is 1. The molecule has 1 N–H and O–H groups in total. The van der Waals surface area contributed by atoms with Crippen LogP contribution in [0.1, 0.15) is 17.5 Å². The molecule has 1 aromatic carbocycles. The Morgan fingerprint density at radius 2 is 2.03 bits per heavy atom. The van der Waals surface area contributed by atoms with Crippen molar-refractivity contribution >= 4 is 11.9 Å². The van der Waals surface area contributed by atoms with Crippen molar-refractivity contribution in [3.8, 4) is 5.75 Å². The van der Waals surface area contributed by atoms with Gasteiger partial charge >= 0.3 is 12.4 Å². The van der Waals surface area contributed by atoms with Crippen molar-refractivity contribution < 1.29 is 37.0 Å². The fourth-order valence-electron chi connectivity index (χ4n) is 3.98. The lowest BCUT2D eigenvalue weighted by atomic mass is 10.0. The highest BCUT2D eigenvalue weighted by atomic mass is 19.4. The Morgan fingerprint density at radius 3 is 2.77 bits per heavy atom. The summed E-state index contributed by atoms with van der Waals surface area (Å²) in [5.41, 5.74) is 0.939. The lowest BCUT2D eigenvalue weighted by Crippen LogP contribution is -2.65. The molecule has 11 heteroatoms. The third-order valence-electron chi connectivity index (χ3n) is 5.64. The van der Waals surface area contributed by atoms with Gasteiger partial charge in [0.15, 0.2) is 0 Å². The summed E-state index contributed by atoms with van der Waals surface area (Å²) < 4.78 is 53.2. The van der Waals surface area contributed by atoms with Gasteiger partial charge in [0, 0.05) is 18.7 Å². The highest BCUT2D eigenvalue weighted by Gasteiger charge is 2.40. The topological polar surface area (TPSA) is 80.3 Å². The number of ether oxygens (including phenoxy) is 3. The van der Waals surface area contributed by atoms with Crippen LogP contribution in [0.5, 0.6) is 5.75 Å². The summed E-state index contributed by atoms with van der Waals surface area (Å²) in [6, 6.07) is 4.20. The molecule has 2 atom stereocenters. The first-order chi connectivity index (χ1) is 14.7. The fourth-order valence-corrected chi connectivity index (χ4v) is 3.98. The number of carbonyl (C=O) groups excluding carboxylic acids is 2. The summed E-state index contributed by atoms with van der Waals surface area (Å²) in [7, 11) is 0. The Labute approximate surface area is 177 Å². The molecule has 0 aromatic heterocycles. The zero-order chi connectivity index (χ0) is 22.2. The molecule has 0 unspecified atom stereocenters.